The average Bonchev–Trinajstić information content (AvgIpc) is 2.68. The van der Waals surface area contributed by atoms with Gasteiger partial charge in [0.1, 0.15) is 0 Å². The molecule has 7 nitrogen and oxygen atoms in total. The third-order valence-corrected chi connectivity index (χ3v) is 3.55. The fourth-order valence-corrected chi connectivity index (χ4v) is 2.22. The van der Waals surface area contributed by atoms with Gasteiger partial charge in [-0.2, -0.15) is 18.3 Å². The maximum absolute atomic E-state index is 13.1. The molecular weight excluding hydrogens is 375 g/mol. The van der Waals surface area contributed by atoms with Gasteiger partial charge in [-0.15, -0.1) is 0 Å². The lowest BCUT2D eigenvalue weighted by molar-refractivity contribution is -0.384. The maximum atomic E-state index is 13.1. The van der Waals surface area contributed by atoms with Crippen molar-refractivity contribution in [3.05, 3.63) is 82.0 Å². The van der Waals surface area contributed by atoms with Crippen molar-refractivity contribution in [2.24, 2.45) is 5.10 Å². The van der Waals surface area contributed by atoms with Gasteiger partial charge in [0.05, 0.1) is 11.1 Å². The molecule has 10 heteroatoms. The zero-order chi connectivity index (χ0) is 20.1. The Kier molecular flexibility index (Phi) is 5.30. The van der Waals surface area contributed by atoms with Crippen LogP contribution in [-0.2, 0) is 6.18 Å². The fourth-order valence-electron chi connectivity index (χ4n) is 2.22. The first-order chi connectivity index (χ1) is 13.3. The van der Waals surface area contributed by atoms with Gasteiger partial charge in [-0.1, -0.05) is 30.3 Å². The Morgan fingerprint density at radius 3 is 2.32 bits per heavy atom. The van der Waals surface area contributed by atoms with Crippen LogP contribution in [0, 0.1) is 10.1 Å². The van der Waals surface area contributed by atoms with Gasteiger partial charge in [0.25, 0.3) is 5.69 Å². The van der Waals surface area contributed by atoms with E-state index in [0.717, 1.165) is 6.07 Å². The van der Waals surface area contributed by atoms with Crippen molar-refractivity contribution < 1.29 is 18.1 Å². The summed E-state index contributed by atoms with van der Waals surface area (Å²) in [5.74, 6) is -0.234. The molecule has 3 aromatic rings. The Labute approximate surface area is 156 Å². The molecule has 0 saturated heterocycles. The summed E-state index contributed by atoms with van der Waals surface area (Å²) in [6.07, 6.45) is -3.34. The number of rotatable bonds is 5. The van der Waals surface area contributed by atoms with Crippen molar-refractivity contribution in [3.63, 3.8) is 0 Å². The number of alkyl halides is 3. The molecule has 0 aliphatic carbocycles. The molecular formula is C18H12F3N5O2. The predicted molar refractivity (Wildman–Crippen MR) is 96.8 cm³/mol. The number of hydrazone groups is 1. The molecule has 1 aromatic heterocycles. The van der Waals surface area contributed by atoms with Gasteiger partial charge >= 0.3 is 6.18 Å². The standard InChI is InChI=1S/C18H12F3N5O2/c19-18(20,21)15-10-16(24-17(23-15)13-4-2-1-3-5-13)25-22-11-12-6-8-14(9-7-12)26(27)28/h1-11H,(H,23,24,25)/b22-11+. The number of non-ortho nitro benzene ring substituents is 1. The number of anilines is 1. The topological polar surface area (TPSA) is 93.3 Å². The first-order valence-corrected chi connectivity index (χ1v) is 7.88. The van der Waals surface area contributed by atoms with Crippen molar-refractivity contribution in [2.75, 3.05) is 5.43 Å². The van der Waals surface area contributed by atoms with Crippen LogP contribution in [0.25, 0.3) is 11.4 Å². The number of hydrogen-bond acceptors (Lipinski definition) is 6. The Balaban J connectivity index is 1.85. The molecule has 1 N–H and O–H groups in total. The largest absolute Gasteiger partial charge is 0.433 e. The lowest BCUT2D eigenvalue weighted by Crippen LogP contribution is -2.11. The van der Waals surface area contributed by atoms with Gasteiger partial charge in [0.15, 0.2) is 17.3 Å². The molecule has 28 heavy (non-hydrogen) atoms. The summed E-state index contributed by atoms with van der Waals surface area (Å²) in [6, 6.07) is 14.5. The van der Waals surface area contributed by atoms with Crippen LogP contribution in [0.5, 0.6) is 0 Å². The van der Waals surface area contributed by atoms with Crippen LogP contribution in [-0.4, -0.2) is 21.1 Å². The van der Waals surface area contributed by atoms with E-state index in [-0.39, 0.29) is 17.3 Å². The Morgan fingerprint density at radius 2 is 1.71 bits per heavy atom. The molecule has 0 fully saturated rings. The normalized spacial score (nSPS) is 11.5. The molecule has 0 atom stereocenters. The van der Waals surface area contributed by atoms with Crippen LogP contribution in [0.2, 0.25) is 0 Å². The van der Waals surface area contributed by atoms with E-state index in [1.165, 1.54) is 30.5 Å². The molecule has 0 saturated carbocycles. The number of halogens is 3. The van der Waals surface area contributed by atoms with Gasteiger partial charge in [-0.3, -0.25) is 15.5 Å². The molecule has 142 valence electrons. The number of nitro benzene ring substituents is 1. The highest BCUT2D eigenvalue weighted by atomic mass is 19.4. The minimum atomic E-state index is -4.65. The first kappa shape index (κ1) is 19.0. The van der Waals surface area contributed by atoms with E-state index < -0.39 is 16.8 Å². The highest BCUT2D eigenvalue weighted by molar-refractivity contribution is 5.80. The van der Waals surface area contributed by atoms with Crippen molar-refractivity contribution >= 4 is 17.7 Å². The van der Waals surface area contributed by atoms with Gasteiger partial charge in [-0.25, -0.2) is 9.97 Å². The molecule has 0 bridgehead atoms. The number of aromatic nitrogens is 2. The molecule has 2 aromatic carbocycles. The number of nitrogens with one attached hydrogen (secondary N) is 1. The predicted octanol–water partition coefficient (Wildman–Crippen LogP) is 4.52. The van der Waals surface area contributed by atoms with Crippen molar-refractivity contribution in [1.29, 1.82) is 0 Å². The molecule has 0 spiro atoms. The second kappa shape index (κ2) is 7.82. The minimum Gasteiger partial charge on any atom is -0.261 e. The third kappa shape index (κ3) is 4.67. The van der Waals surface area contributed by atoms with Crippen molar-refractivity contribution in [2.45, 2.75) is 6.18 Å². The smallest absolute Gasteiger partial charge is 0.261 e. The van der Waals surface area contributed by atoms with Crippen LogP contribution in [0.3, 0.4) is 0 Å². The van der Waals surface area contributed by atoms with Crippen LogP contribution < -0.4 is 5.43 Å². The summed E-state index contributed by atoms with van der Waals surface area (Å²) >= 11 is 0. The van der Waals surface area contributed by atoms with Gasteiger partial charge in [0.2, 0.25) is 0 Å². The highest BCUT2D eigenvalue weighted by Crippen LogP contribution is 2.30. The number of nitrogens with zero attached hydrogens (tertiary/aromatic N) is 4. The summed E-state index contributed by atoms with van der Waals surface area (Å²) in [4.78, 5) is 17.7. The van der Waals surface area contributed by atoms with Crippen LogP contribution in [0.15, 0.2) is 65.8 Å². The molecule has 0 aliphatic rings. The van der Waals surface area contributed by atoms with E-state index in [9.17, 15) is 23.3 Å². The van der Waals surface area contributed by atoms with Crippen LogP contribution >= 0.6 is 0 Å². The highest BCUT2D eigenvalue weighted by Gasteiger charge is 2.33. The summed E-state index contributed by atoms with van der Waals surface area (Å²) in [5, 5.41) is 14.5. The molecule has 3 rings (SSSR count). The number of benzene rings is 2. The molecule has 0 unspecified atom stereocenters. The zero-order valence-corrected chi connectivity index (χ0v) is 14.1. The maximum Gasteiger partial charge on any atom is 0.433 e. The van der Waals surface area contributed by atoms with E-state index in [4.69, 9.17) is 0 Å². The number of nitro groups is 1. The average molecular weight is 387 g/mol. The second-order valence-electron chi connectivity index (χ2n) is 5.54. The minimum absolute atomic E-state index is 0.0803. The van der Waals surface area contributed by atoms with Gasteiger partial charge in [0, 0.05) is 23.8 Å². The van der Waals surface area contributed by atoms with E-state index in [1.807, 2.05) is 0 Å². The Morgan fingerprint density at radius 1 is 1.04 bits per heavy atom. The fraction of sp³-hybridized carbons (Fsp3) is 0.0556. The summed E-state index contributed by atoms with van der Waals surface area (Å²) < 4.78 is 39.4. The monoisotopic (exact) mass is 387 g/mol. The number of hydrogen-bond donors (Lipinski definition) is 1. The summed E-state index contributed by atoms with van der Waals surface area (Å²) in [7, 11) is 0. The molecule has 0 aliphatic heterocycles. The van der Waals surface area contributed by atoms with E-state index in [0.29, 0.717) is 11.1 Å². The van der Waals surface area contributed by atoms with Gasteiger partial charge in [-0.05, 0) is 17.7 Å². The third-order valence-electron chi connectivity index (χ3n) is 3.55. The van der Waals surface area contributed by atoms with Crippen LogP contribution in [0.1, 0.15) is 11.3 Å². The second-order valence-corrected chi connectivity index (χ2v) is 5.54. The summed E-state index contributed by atoms with van der Waals surface area (Å²) in [6.45, 7) is 0. The molecule has 1 heterocycles. The Hall–Kier alpha value is -3.82. The molecule has 0 radical (unpaired) electrons. The lowest BCUT2D eigenvalue weighted by Gasteiger charge is -2.10. The molecule has 0 amide bonds. The van der Waals surface area contributed by atoms with Crippen LogP contribution in [0.4, 0.5) is 24.7 Å². The van der Waals surface area contributed by atoms with E-state index in [1.54, 1.807) is 30.3 Å². The lowest BCUT2D eigenvalue weighted by atomic mass is 10.2. The SMILES string of the molecule is O=[N+]([O-])c1ccc(/C=N/Nc2cc(C(F)(F)F)nc(-c3ccccc3)n2)cc1. The van der Waals surface area contributed by atoms with E-state index in [2.05, 4.69) is 20.5 Å². The van der Waals surface area contributed by atoms with E-state index >= 15 is 0 Å². The first-order valence-electron chi connectivity index (χ1n) is 7.88. The van der Waals surface area contributed by atoms with Crippen molar-refractivity contribution in [3.8, 4) is 11.4 Å². The quantitative estimate of drug-likeness (QED) is 0.395. The van der Waals surface area contributed by atoms with Crippen molar-refractivity contribution in [1.82, 2.24) is 9.97 Å². The summed E-state index contributed by atoms with van der Waals surface area (Å²) in [5.41, 5.74) is 2.20. The Bertz CT molecular complexity index is 1010. The van der Waals surface area contributed by atoms with Gasteiger partial charge < -0.3 is 0 Å². The zero-order valence-electron chi connectivity index (χ0n) is 14.1.